The van der Waals surface area contributed by atoms with Crippen molar-refractivity contribution in [2.75, 3.05) is 7.05 Å². The Bertz CT molecular complexity index is 481. The molecular weight excluding hydrogens is 244 g/mol. The molecular formula is C13H20N4O2. The normalized spacial score (nSPS) is 20.4. The highest BCUT2D eigenvalue weighted by Gasteiger charge is 2.31. The maximum absolute atomic E-state index is 11.9. The SMILES string of the molecule is CC(C)n1cncc1CNC1CCC(=O)N(C)C1=O. The fourth-order valence-corrected chi connectivity index (χ4v) is 2.27. The lowest BCUT2D eigenvalue weighted by Gasteiger charge is -2.28. The summed E-state index contributed by atoms with van der Waals surface area (Å²) < 4.78 is 2.06. The van der Waals surface area contributed by atoms with Gasteiger partial charge in [-0.3, -0.25) is 14.5 Å². The van der Waals surface area contributed by atoms with Gasteiger partial charge in [0.1, 0.15) is 0 Å². The number of hydrogen-bond donors (Lipinski definition) is 1. The van der Waals surface area contributed by atoms with E-state index < -0.39 is 0 Å². The number of likely N-dealkylation sites (N-methyl/N-ethyl adjacent to an activating group) is 1. The number of nitrogens with one attached hydrogen (secondary N) is 1. The summed E-state index contributed by atoms with van der Waals surface area (Å²) in [7, 11) is 1.54. The number of imide groups is 1. The molecule has 1 aliphatic heterocycles. The topological polar surface area (TPSA) is 67.2 Å². The lowest BCUT2D eigenvalue weighted by Crippen LogP contribution is -2.51. The van der Waals surface area contributed by atoms with E-state index in [1.165, 1.54) is 11.9 Å². The number of nitrogens with zero attached hydrogens (tertiary/aromatic N) is 3. The molecule has 6 heteroatoms. The molecule has 0 aliphatic carbocycles. The molecule has 1 saturated heterocycles. The average molecular weight is 264 g/mol. The average Bonchev–Trinajstić information content (AvgIpc) is 2.84. The zero-order valence-corrected chi connectivity index (χ0v) is 11.6. The van der Waals surface area contributed by atoms with Crippen LogP contribution in [0.5, 0.6) is 0 Å². The smallest absolute Gasteiger partial charge is 0.246 e. The minimum absolute atomic E-state index is 0.102. The Morgan fingerprint density at radius 1 is 1.47 bits per heavy atom. The maximum atomic E-state index is 11.9. The van der Waals surface area contributed by atoms with Gasteiger partial charge in [-0.05, 0) is 20.3 Å². The van der Waals surface area contributed by atoms with Crippen molar-refractivity contribution in [3.8, 4) is 0 Å². The molecule has 0 bridgehead atoms. The molecule has 2 heterocycles. The summed E-state index contributed by atoms with van der Waals surface area (Å²) in [4.78, 5) is 28.7. The van der Waals surface area contributed by atoms with Gasteiger partial charge >= 0.3 is 0 Å². The van der Waals surface area contributed by atoms with Crippen LogP contribution in [0.2, 0.25) is 0 Å². The second-order valence-corrected chi connectivity index (χ2v) is 5.15. The summed E-state index contributed by atoms with van der Waals surface area (Å²) in [6.07, 6.45) is 4.58. The standard InChI is InChI=1S/C13H20N4O2/c1-9(2)17-8-14-6-10(17)7-15-11-4-5-12(18)16(3)13(11)19/h6,8-9,11,15H,4-5,7H2,1-3H3. The number of aromatic nitrogens is 2. The van der Waals surface area contributed by atoms with Gasteiger partial charge in [0.05, 0.1) is 18.1 Å². The van der Waals surface area contributed by atoms with E-state index in [9.17, 15) is 9.59 Å². The fraction of sp³-hybridized carbons (Fsp3) is 0.615. The molecule has 1 aromatic heterocycles. The predicted molar refractivity (Wildman–Crippen MR) is 70.3 cm³/mol. The molecule has 6 nitrogen and oxygen atoms in total. The van der Waals surface area contributed by atoms with E-state index in [-0.39, 0.29) is 17.9 Å². The number of rotatable bonds is 4. The first-order valence-electron chi connectivity index (χ1n) is 6.55. The van der Waals surface area contributed by atoms with Crippen molar-refractivity contribution >= 4 is 11.8 Å². The van der Waals surface area contributed by atoms with Crippen LogP contribution in [0, 0.1) is 0 Å². The number of hydrogen-bond acceptors (Lipinski definition) is 4. The van der Waals surface area contributed by atoms with Crippen LogP contribution in [0.25, 0.3) is 0 Å². The molecule has 1 N–H and O–H groups in total. The van der Waals surface area contributed by atoms with Crippen molar-refractivity contribution in [2.45, 2.75) is 45.3 Å². The number of imidazole rings is 1. The van der Waals surface area contributed by atoms with E-state index in [0.717, 1.165) is 5.69 Å². The molecule has 1 unspecified atom stereocenters. The number of carbonyl (C=O) groups is 2. The molecule has 1 aliphatic rings. The van der Waals surface area contributed by atoms with Crippen LogP contribution in [0.3, 0.4) is 0 Å². The Balaban J connectivity index is 1.97. The largest absolute Gasteiger partial charge is 0.331 e. The van der Waals surface area contributed by atoms with Gasteiger partial charge in [-0.1, -0.05) is 0 Å². The molecule has 2 rings (SSSR count). The van der Waals surface area contributed by atoms with Crippen LogP contribution in [-0.2, 0) is 16.1 Å². The molecule has 1 aromatic rings. The molecule has 0 radical (unpaired) electrons. The van der Waals surface area contributed by atoms with Crippen LogP contribution in [0.4, 0.5) is 0 Å². The highest BCUT2D eigenvalue weighted by molar-refractivity contribution is 6.00. The molecule has 0 aromatic carbocycles. The van der Waals surface area contributed by atoms with Gasteiger partial charge in [0.2, 0.25) is 11.8 Å². The lowest BCUT2D eigenvalue weighted by molar-refractivity contribution is -0.148. The van der Waals surface area contributed by atoms with Gasteiger partial charge < -0.3 is 9.88 Å². The third-order valence-corrected chi connectivity index (χ3v) is 3.48. The highest BCUT2D eigenvalue weighted by Crippen LogP contribution is 2.13. The molecule has 0 saturated carbocycles. The van der Waals surface area contributed by atoms with Crippen LogP contribution < -0.4 is 5.32 Å². The zero-order valence-electron chi connectivity index (χ0n) is 11.6. The fourth-order valence-electron chi connectivity index (χ4n) is 2.27. The van der Waals surface area contributed by atoms with Gasteiger partial charge in [-0.2, -0.15) is 0 Å². The van der Waals surface area contributed by atoms with Gasteiger partial charge in [0.15, 0.2) is 0 Å². The molecule has 0 spiro atoms. The quantitative estimate of drug-likeness (QED) is 0.813. The number of piperidine rings is 1. The van der Waals surface area contributed by atoms with Crippen LogP contribution in [-0.4, -0.2) is 39.4 Å². The number of amides is 2. The highest BCUT2D eigenvalue weighted by atomic mass is 16.2. The van der Waals surface area contributed by atoms with Crippen LogP contribution >= 0.6 is 0 Å². The van der Waals surface area contributed by atoms with Crippen LogP contribution in [0.1, 0.15) is 38.4 Å². The summed E-state index contributed by atoms with van der Waals surface area (Å²) >= 11 is 0. The van der Waals surface area contributed by atoms with E-state index in [4.69, 9.17) is 0 Å². The minimum Gasteiger partial charge on any atom is -0.331 e. The third-order valence-electron chi connectivity index (χ3n) is 3.48. The van der Waals surface area contributed by atoms with Crippen molar-refractivity contribution in [3.05, 3.63) is 18.2 Å². The number of likely N-dealkylation sites (tertiary alicyclic amines) is 1. The Labute approximate surface area is 112 Å². The molecule has 19 heavy (non-hydrogen) atoms. The summed E-state index contributed by atoms with van der Waals surface area (Å²) in [6.45, 7) is 4.75. The van der Waals surface area contributed by atoms with E-state index in [1.807, 2.05) is 0 Å². The third kappa shape index (κ3) is 2.84. The summed E-state index contributed by atoms with van der Waals surface area (Å²) in [5.74, 6) is -0.248. The molecule has 1 fully saturated rings. The Kier molecular flexibility index (Phi) is 3.99. The summed E-state index contributed by atoms with van der Waals surface area (Å²) in [5, 5.41) is 3.22. The number of carbonyl (C=O) groups excluding carboxylic acids is 2. The first kappa shape index (κ1) is 13.7. The van der Waals surface area contributed by atoms with Crippen molar-refractivity contribution in [1.29, 1.82) is 0 Å². The second-order valence-electron chi connectivity index (χ2n) is 5.15. The van der Waals surface area contributed by atoms with Crippen molar-refractivity contribution in [1.82, 2.24) is 19.8 Å². The molecule has 2 amide bonds. The maximum Gasteiger partial charge on any atom is 0.246 e. The Morgan fingerprint density at radius 2 is 2.21 bits per heavy atom. The Morgan fingerprint density at radius 3 is 2.89 bits per heavy atom. The summed E-state index contributed by atoms with van der Waals surface area (Å²) in [6, 6.07) is 0.0591. The first-order valence-corrected chi connectivity index (χ1v) is 6.55. The van der Waals surface area contributed by atoms with Gasteiger partial charge in [0, 0.05) is 32.3 Å². The Hall–Kier alpha value is -1.69. The summed E-state index contributed by atoms with van der Waals surface area (Å²) in [5.41, 5.74) is 1.04. The monoisotopic (exact) mass is 264 g/mol. The lowest BCUT2D eigenvalue weighted by atomic mass is 10.0. The predicted octanol–water partition coefficient (Wildman–Crippen LogP) is 0.701. The van der Waals surface area contributed by atoms with Gasteiger partial charge in [-0.15, -0.1) is 0 Å². The second kappa shape index (κ2) is 5.52. The van der Waals surface area contributed by atoms with E-state index in [0.29, 0.717) is 25.4 Å². The van der Waals surface area contributed by atoms with Gasteiger partial charge in [-0.25, -0.2) is 4.98 Å². The first-order chi connectivity index (χ1) is 9.00. The van der Waals surface area contributed by atoms with E-state index in [2.05, 4.69) is 28.7 Å². The van der Waals surface area contributed by atoms with Crippen molar-refractivity contribution < 1.29 is 9.59 Å². The van der Waals surface area contributed by atoms with Crippen molar-refractivity contribution in [3.63, 3.8) is 0 Å². The van der Waals surface area contributed by atoms with Crippen molar-refractivity contribution in [2.24, 2.45) is 0 Å². The minimum atomic E-state index is -0.279. The molecule has 104 valence electrons. The van der Waals surface area contributed by atoms with E-state index in [1.54, 1.807) is 12.5 Å². The molecule has 1 atom stereocenters. The van der Waals surface area contributed by atoms with E-state index >= 15 is 0 Å². The van der Waals surface area contributed by atoms with Gasteiger partial charge in [0.25, 0.3) is 0 Å². The zero-order chi connectivity index (χ0) is 14.0. The van der Waals surface area contributed by atoms with Crippen LogP contribution in [0.15, 0.2) is 12.5 Å².